The lowest BCUT2D eigenvalue weighted by atomic mass is 10.0. The Bertz CT molecular complexity index is 2160. The Morgan fingerprint density at radius 1 is 0.333 bits per heavy atom. The van der Waals surface area contributed by atoms with Crippen LogP contribution in [-0.4, -0.2) is 18.1 Å². The van der Waals surface area contributed by atoms with Gasteiger partial charge in [-0.05, 0) is 127 Å². The third kappa shape index (κ3) is 15.5. The van der Waals surface area contributed by atoms with Crippen molar-refractivity contribution in [3.63, 3.8) is 0 Å². The van der Waals surface area contributed by atoms with Crippen LogP contribution in [0.3, 0.4) is 0 Å². The van der Waals surface area contributed by atoms with Crippen molar-refractivity contribution in [2.24, 2.45) is 0 Å². The number of carbonyl (C=O) groups excluding carboxylic acids is 3. The molecule has 60 heavy (non-hydrogen) atoms. The first-order valence-electron chi connectivity index (χ1n) is 20.4. The third-order valence-electron chi connectivity index (χ3n) is 9.60. The van der Waals surface area contributed by atoms with E-state index in [4.69, 9.17) is 0 Å². The summed E-state index contributed by atoms with van der Waals surface area (Å²) in [6.07, 6.45) is 0. The van der Waals surface area contributed by atoms with Gasteiger partial charge in [-0.2, -0.15) is 0 Å². The second-order valence-corrected chi connectivity index (χ2v) is 15.6. The van der Waals surface area contributed by atoms with Crippen molar-refractivity contribution in [2.75, 3.05) is 31.9 Å². The first-order valence-corrected chi connectivity index (χ1v) is 20.4. The molecule has 6 aromatic rings. The van der Waals surface area contributed by atoms with E-state index in [1.54, 1.807) is 0 Å². The quantitative estimate of drug-likeness (QED) is 0.0872. The van der Waals surface area contributed by atoms with Crippen molar-refractivity contribution < 1.29 is 14.4 Å². The number of carbonyl (C=O) groups is 3. The number of rotatable bonds is 9. The molecule has 0 fully saturated rings. The zero-order valence-corrected chi connectivity index (χ0v) is 36.3. The van der Waals surface area contributed by atoms with Crippen LogP contribution in [0.1, 0.15) is 92.7 Å². The van der Waals surface area contributed by atoms with E-state index in [0.29, 0.717) is 17.8 Å². The van der Waals surface area contributed by atoms with Crippen molar-refractivity contribution in [3.8, 4) is 0 Å². The summed E-state index contributed by atoms with van der Waals surface area (Å²) in [5.41, 5.74) is 11.8. The number of hydrogen-bond donors (Lipinski definition) is 6. The molecular weight excluding hydrogens is 745 g/mol. The molecule has 0 spiro atoms. The van der Waals surface area contributed by atoms with E-state index in [2.05, 4.69) is 73.4 Å². The van der Waals surface area contributed by atoms with Crippen molar-refractivity contribution in [3.05, 3.63) is 179 Å². The minimum absolute atomic E-state index is 0.225. The number of nitrogens with one attached hydrogen (secondary N) is 6. The topological polar surface area (TPSA) is 123 Å². The number of amides is 6. The van der Waals surface area contributed by atoms with Crippen LogP contribution in [-0.2, 0) is 0 Å². The van der Waals surface area contributed by atoms with Crippen LogP contribution in [0.25, 0.3) is 0 Å². The molecule has 0 bridgehead atoms. The Hall–Kier alpha value is -6.87. The summed E-state index contributed by atoms with van der Waals surface area (Å²) in [6.45, 7) is 18.8. The smallest absolute Gasteiger partial charge is 0.308 e. The number of aryl methyl sites for hydroxylation is 3. The minimum Gasteiger partial charge on any atom is -0.308 e. The molecule has 0 aliphatic heterocycles. The molecule has 6 rings (SSSR count). The highest BCUT2D eigenvalue weighted by Crippen LogP contribution is 2.21. The molecule has 0 saturated carbocycles. The maximum atomic E-state index is 11.9. The van der Waals surface area contributed by atoms with Gasteiger partial charge in [0.2, 0.25) is 0 Å². The average molecular weight is 805 g/mol. The molecule has 6 N–H and O–H groups in total. The Kier molecular flexibility index (Phi) is 17.5. The van der Waals surface area contributed by atoms with Gasteiger partial charge in [-0.25, -0.2) is 14.4 Å². The molecule has 6 amide bonds. The summed E-state index contributed by atoms with van der Waals surface area (Å²) in [7, 11) is 0. The van der Waals surface area contributed by atoms with Crippen LogP contribution < -0.4 is 31.9 Å². The normalized spacial score (nSPS) is 10.4. The SMILES string of the molecule is Cc1ccc(NC(=O)Nc2ccc(C(C)C)cc2)cc1.Cc1ccccc1NC(=O)Nc1ccc(C(C)C)cc1.Cc1ccccc1NC(=O)Nc1ccc(C(C)C)cc1. The van der Waals surface area contributed by atoms with Gasteiger partial charge in [0.25, 0.3) is 0 Å². The summed E-state index contributed by atoms with van der Waals surface area (Å²) in [5, 5.41) is 17.0. The largest absolute Gasteiger partial charge is 0.323 e. The van der Waals surface area contributed by atoms with Crippen LogP contribution >= 0.6 is 0 Å². The first kappa shape index (κ1) is 45.8. The highest BCUT2D eigenvalue weighted by atomic mass is 16.2. The van der Waals surface area contributed by atoms with Gasteiger partial charge in [0.15, 0.2) is 0 Å². The number of urea groups is 3. The molecule has 312 valence electrons. The summed E-state index contributed by atoms with van der Waals surface area (Å²) < 4.78 is 0. The third-order valence-corrected chi connectivity index (χ3v) is 9.60. The molecule has 0 heterocycles. The summed E-state index contributed by atoms with van der Waals surface area (Å²) in [6, 6.07) is 46.2. The summed E-state index contributed by atoms with van der Waals surface area (Å²) >= 11 is 0. The fraction of sp³-hybridized carbons (Fsp3) is 0.235. The van der Waals surface area contributed by atoms with E-state index in [0.717, 1.165) is 45.3 Å². The zero-order valence-electron chi connectivity index (χ0n) is 36.3. The van der Waals surface area contributed by atoms with E-state index in [1.165, 1.54) is 22.3 Å². The predicted molar refractivity (Wildman–Crippen MR) is 253 cm³/mol. The molecule has 9 heteroatoms. The van der Waals surface area contributed by atoms with E-state index < -0.39 is 0 Å². The first-order chi connectivity index (χ1) is 28.7. The Balaban J connectivity index is 0.000000198. The zero-order chi connectivity index (χ0) is 43.6. The Morgan fingerprint density at radius 3 is 0.850 bits per heavy atom. The van der Waals surface area contributed by atoms with Gasteiger partial charge in [0.05, 0.1) is 0 Å². The Morgan fingerprint density at radius 2 is 0.583 bits per heavy atom. The number of hydrogen-bond acceptors (Lipinski definition) is 3. The highest BCUT2D eigenvalue weighted by Gasteiger charge is 2.08. The van der Waals surface area contributed by atoms with Gasteiger partial charge in [-0.15, -0.1) is 0 Å². The highest BCUT2D eigenvalue weighted by molar-refractivity contribution is 6.01. The van der Waals surface area contributed by atoms with Crippen molar-refractivity contribution in [2.45, 2.75) is 80.1 Å². The molecule has 0 atom stereocenters. The van der Waals surface area contributed by atoms with Crippen LogP contribution in [0.5, 0.6) is 0 Å². The fourth-order valence-corrected chi connectivity index (χ4v) is 5.78. The standard InChI is InChI=1S/3C17H20N2O/c1-12(2)14-6-10-16(11-7-14)19-17(20)18-15-8-4-13(3)5-9-15;2*1-12(2)14-8-10-15(11-9-14)18-17(20)19-16-7-5-4-6-13(16)3/h3*4-12H,1-3H3,(H2,18,19,20). The van der Waals surface area contributed by atoms with Crippen LogP contribution in [0.4, 0.5) is 48.5 Å². The van der Waals surface area contributed by atoms with E-state index in [1.807, 2.05) is 166 Å². The van der Waals surface area contributed by atoms with Crippen molar-refractivity contribution in [1.29, 1.82) is 0 Å². The fourth-order valence-electron chi connectivity index (χ4n) is 5.78. The van der Waals surface area contributed by atoms with Gasteiger partial charge in [-0.1, -0.05) is 132 Å². The maximum Gasteiger partial charge on any atom is 0.323 e. The minimum atomic E-state index is -0.230. The lowest BCUT2D eigenvalue weighted by Gasteiger charge is -2.11. The molecule has 0 saturated heterocycles. The van der Waals surface area contributed by atoms with E-state index in [-0.39, 0.29) is 18.1 Å². The molecular formula is C51H60N6O3. The molecule has 0 aliphatic carbocycles. The number of anilines is 6. The molecule has 0 radical (unpaired) electrons. The lowest BCUT2D eigenvalue weighted by Crippen LogP contribution is -2.19. The van der Waals surface area contributed by atoms with Crippen LogP contribution in [0.15, 0.2) is 146 Å². The number of benzene rings is 6. The van der Waals surface area contributed by atoms with Gasteiger partial charge >= 0.3 is 18.1 Å². The molecule has 9 nitrogen and oxygen atoms in total. The van der Waals surface area contributed by atoms with Gasteiger partial charge in [0, 0.05) is 34.1 Å². The van der Waals surface area contributed by atoms with Gasteiger partial charge < -0.3 is 31.9 Å². The van der Waals surface area contributed by atoms with Crippen molar-refractivity contribution in [1.82, 2.24) is 0 Å². The van der Waals surface area contributed by atoms with Crippen molar-refractivity contribution >= 4 is 52.2 Å². The molecule has 0 aromatic heterocycles. The lowest BCUT2D eigenvalue weighted by molar-refractivity contribution is 0.261. The Labute approximate surface area is 356 Å². The second kappa shape index (κ2) is 22.9. The monoisotopic (exact) mass is 804 g/mol. The maximum absolute atomic E-state index is 11.9. The molecule has 6 aromatic carbocycles. The van der Waals surface area contributed by atoms with Gasteiger partial charge in [-0.3, -0.25) is 0 Å². The molecule has 0 aliphatic rings. The van der Waals surface area contributed by atoms with Gasteiger partial charge in [0.1, 0.15) is 0 Å². The molecule has 0 unspecified atom stereocenters. The van der Waals surface area contributed by atoms with E-state index in [9.17, 15) is 14.4 Å². The second-order valence-electron chi connectivity index (χ2n) is 15.6. The summed E-state index contributed by atoms with van der Waals surface area (Å²) in [4.78, 5) is 35.7. The van der Waals surface area contributed by atoms with Crippen LogP contribution in [0, 0.1) is 20.8 Å². The van der Waals surface area contributed by atoms with E-state index >= 15 is 0 Å². The predicted octanol–water partition coefficient (Wildman–Crippen LogP) is 14.3. The number of para-hydroxylation sites is 2. The average Bonchev–Trinajstić information content (AvgIpc) is 3.21. The summed E-state index contributed by atoms with van der Waals surface area (Å²) in [5.74, 6) is 1.47. The van der Waals surface area contributed by atoms with Crippen LogP contribution in [0.2, 0.25) is 0 Å².